The Bertz CT molecular complexity index is 1120. The van der Waals surface area contributed by atoms with Crippen LogP contribution in [0.25, 0.3) is 11.1 Å². The molecule has 0 radical (unpaired) electrons. The average Bonchev–Trinajstić information content (AvgIpc) is 2.79. The summed E-state index contributed by atoms with van der Waals surface area (Å²) >= 11 is 0. The van der Waals surface area contributed by atoms with E-state index >= 15 is 0 Å². The first-order chi connectivity index (χ1) is 15.5. The molecule has 0 saturated carbocycles. The molecule has 8 nitrogen and oxygen atoms in total. The van der Waals surface area contributed by atoms with E-state index in [1.54, 1.807) is 36.5 Å². The fraction of sp³-hybridized carbons (Fsp3) is 0.167. The van der Waals surface area contributed by atoms with Crippen LogP contribution in [0.2, 0.25) is 0 Å². The third kappa shape index (κ3) is 5.98. The lowest BCUT2D eigenvalue weighted by Gasteiger charge is -2.11. The number of benzene rings is 2. The number of nitriles is 1. The summed E-state index contributed by atoms with van der Waals surface area (Å²) in [6, 6.07) is 20.1. The topological polar surface area (TPSA) is 135 Å². The van der Waals surface area contributed by atoms with Crippen LogP contribution in [0.15, 0.2) is 66.9 Å². The summed E-state index contributed by atoms with van der Waals surface area (Å²) in [4.78, 5) is 27.6. The van der Waals surface area contributed by atoms with Crippen molar-refractivity contribution in [3.63, 3.8) is 0 Å². The van der Waals surface area contributed by atoms with Gasteiger partial charge in [-0.1, -0.05) is 48.5 Å². The number of rotatable bonds is 9. The molecular formula is C24H22N4O4. The minimum atomic E-state index is -1.06. The highest BCUT2D eigenvalue weighted by atomic mass is 16.4. The molecule has 0 aliphatic carbocycles. The van der Waals surface area contributed by atoms with Gasteiger partial charge in [-0.2, -0.15) is 5.26 Å². The molecule has 32 heavy (non-hydrogen) atoms. The van der Waals surface area contributed by atoms with E-state index in [1.165, 1.54) is 0 Å². The lowest BCUT2D eigenvalue weighted by Crippen LogP contribution is -2.28. The van der Waals surface area contributed by atoms with Gasteiger partial charge in [-0.05, 0) is 23.3 Å². The maximum absolute atomic E-state index is 12.8. The molecule has 3 rings (SSSR count). The van der Waals surface area contributed by atoms with E-state index < -0.39 is 18.0 Å². The number of hydrogen-bond acceptors (Lipinski definition) is 6. The van der Waals surface area contributed by atoms with Crippen LogP contribution in [0.4, 0.5) is 5.82 Å². The van der Waals surface area contributed by atoms with Gasteiger partial charge in [-0.3, -0.25) is 9.59 Å². The number of aliphatic hydroxyl groups excluding tert-OH is 1. The van der Waals surface area contributed by atoms with Gasteiger partial charge < -0.3 is 20.8 Å². The van der Waals surface area contributed by atoms with E-state index in [0.717, 1.165) is 11.1 Å². The summed E-state index contributed by atoms with van der Waals surface area (Å²) < 4.78 is 0. The SMILES string of the molecule is N#Cc1c(C(=O)Nc2ccc(CNCC(O)CC(=O)O)cn2)cccc1-c1ccccc1. The number of aromatic nitrogens is 1. The molecule has 162 valence electrons. The molecule has 0 aliphatic heterocycles. The van der Waals surface area contributed by atoms with Gasteiger partial charge in [0.1, 0.15) is 11.9 Å². The summed E-state index contributed by atoms with van der Waals surface area (Å²) in [6.45, 7) is 0.523. The zero-order valence-corrected chi connectivity index (χ0v) is 17.2. The molecule has 1 amide bonds. The summed E-state index contributed by atoms with van der Waals surface area (Å²) in [5, 5.41) is 33.5. The van der Waals surface area contributed by atoms with Gasteiger partial charge in [-0.15, -0.1) is 0 Å². The fourth-order valence-electron chi connectivity index (χ4n) is 3.16. The van der Waals surface area contributed by atoms with Gasteiger partial charge in [0.15, 0.2) is 0 Å². The Morgan fingerprint density at radius 1 is 1.06 bits per heavy atom. The molecular weight excluding hydrogens is 408 g/mol. The molecule has 1 unspecified atom stereocenters. The number of carboxylic acid groups (broad SMARTS) is 1. The molecule has 3 aromatic rings. The Balaban J connectivity index is 1.65. The first kappa shape index (κ1) is 22.6. The number of aliphatic carboxylic acids is 1. The number of carbonyl (C=O) groups is 2. The van der Waals surface area contributed by atoms with Gasteiger partial charge in [0, 0.05) is 24.8 Å². The van der Waals surface area contributed by atoms with Gasteiger partial charge in [-0.25, -0.2) is 4.98 Å². The largest absolute Gasteiger partial charge is 0.481 e. The second-order valence-corrected chi connectivity index (χ2v) is 7.09. The second-order valence-electron chi connectivity index (χ2n) is 7.09. The molecule has 0 aliphatic rings. The summed E-state index contributed by atoms with van der Waals surface area (Å²) in [7, 11) is 0. The maximum Gasteiger partial charge on any atom is 0.306 e. The number of pyridine rings is 1. The van der Waals surface area contributed by atoms with Gasteiger partial charge in [0.25, 0.3) is 5.91 Å². The minimum absolute atomic E-state index is 0.138. The van der Waals surface area contributed by atoms with Crippen molar-refractivity contribution >= 4 is 17.7 Å². The molecule has 0 spiro atoms. The smallest absolute Gasteiger partial charge is 0.306 e. The molecule has 1 aromatic heterocycles. The number of aliphatic hydroxyl groups is 1. The van der Waals surface area contributed by atoms with Crippen molar-refractivity contribution in [2.24, 2.45) is 0 Å². The quantitative estimate of drug-likeness (QED) is 0.410. The zero-order chi connectivity index (χ0) is 22.9. The van der Waals surface area contributed by atoms with Gasteiger partial charge >= 0.3 is 5.97 Å². The first-order valence-electron chi connectivity index (χ1n) is 9.93. The van der Waals surface area contributed by atoms with Crippen LogP contribution >= 0.6 is 0 Å². The number of hydrogen-bond donors (Lipinski definition) is 4. The van der Waals surface area contributed by atoms with E-state index in [-0.39, 0.29) is 24.1 Å². The zero-order valence-electron chi connectivity index (χ0n) is 17.2. The highest BCUT2D eigenvalue weighted by Gasteiger charge is 2.16. The standard InChI is InChI=1S/C24H22N4O4/c25-12-21-19(17-5-2-1-3-6-17)7-4-8-20(21)24(32)28-22-10-9-16(14-27-22)13-26-15-18(29)11-23(30)31/h1-10,14,18,26,29H,11,13,15H2,(H,30,31)(H,27,28,32). The molecule has 1 atom stereocenters. The Labute approximate surface area is 185 Å². The number of carbonyl (C=O) groups excluding carboxylic acids is 1. The van der Waals surface area contributed by atoms with Crippen molar-refractivity contribution in [1.82, 2.24) is 10.3 Å². The van der Waals surface area contributed by atoms with Gasteiger partial charge in [0.2, 0.25) is 0 Å². The number of anilines is 1. The normalized spacial score (nSPS) is 11.4. The van der Waals surface area contributed by atoms with Gasteiger partial charge in [0.05, 0.1) is 23.7 Å². The van der Waals surface area contributed by atoms with E-state index in [4.69, 9.17) is 5.11 Å². The van der Waals surface area contributed by atoms with Crippen LogP contribution in [0.5, 0.6) is 0 Å². The van der Waals surface area contributed by atoms with Crippen molar-refractivity contribution in [2.45, 2.75) is 19.1 Å². The minimum Gasteiger partial charge on any atom is -0.481 e. The van der Waals surface area contributed by atoms with Crippen molar-refractivity contribution < 1.29 is 19.8 Å². The molecule has 0 saturated heterocycles. The Morgan fingerprint density at radius 3 is 2.50 bits per heavy atom. The predicted octanol–water partition coefficient (Wildman–Crippen LogP) is 2.80. The van der Waals surface area contributed by atoms with Crippen molar-refractivity contribution in [3.05, 3.63) is 83.6 Å². The van der Waals surface area contributed by atoms with Crippen molar-refractivity contribution in [3.8, 4) is 17.2 Å². The van der Waals surface area contributed by atoms with Crippen LogP contribution in [0, 0.1) is 11.3 Å². The fourth-order valence-corrected chi connectivity index (χ4v) is 3.16. The highest BCUT2D eigenvalue weighted by molar-refractivity contribution is 6.06. The lowest BCUT2D eigenvalue weighted by atomic mass is 9.96. The van der Waals surface area contributed by atoms with Crippen molar-refractivity contribution in [2.75, 3.05) is 11.9 Å². The molecule has 2 aromatic carbocycles. The molecule has 0 bridgehead atoms. The summed E-state index contributed by atoms with van der Waals surface area (Å²) in [5.41, 5.74) is 2.88. The Hall–Kier alpha value is -4.06. The van der Waals surface area contributed by atoms with E-state index in [0.29, 0.717) is 17.9 Å². The average molecular weight is 430 g/mol. The number of nitrogens with zero attached hydrogens (tertiary/aromatic N) is 2. The molecule has 4 N–H and O–H groups in total. The third-order valence-corrected chi connectivity index (χ3v) is 4.69. The van der Waals surface area contributed by atoms with E-state index in [2.05, 4.69) is 21.7 Å². The second kappa shape index (κ2) is 10.8. The summed E-state index contributed by atoms with van der Waals surface area (Å²) in [6.07, 6.45) is 0.268. The molecule has 1 heterocycles. The monoisotopic (exact) mass is 430 g/mol. The Kier molecular flexibility index (Phi) is 7.65. The molecule has 8 heteroatoms. The van der Waals surface area contributed by atoms with Crippen LogP contribution in [-0.4, -0.2) is 39.7 Å². The molecule has 0 fully saturated rings. The lowest BCUT2D eigenvalue weighted by molar-refractivity contribution is -0.139. The first-order valence-corrected chi connectivity index (χ1v) is 9.93. The van der Waals surface area contributed by atoms with E-state index in [1.807, 2.05) is 30.3 Å². The van der Waals surface area contributed by atoms with Crippen LogP contribution < -0.4 is 10.6 Å². The highest BCUT2D eigenvalue weighted by Crippen LogP contribution is 2.26. The number of nitrogens with one attached hydrogen (secondary N) is 2. The van der Waals surface area contributed by atoms with Crippen LogP contribution in [-0.2, 0) is 11.3 Å². The van der Waals surface area contributed by atoms with Crippen LogP contribution in [0.3, 0.4) is 0 Å². The maximum atomic E-state index is 12.8. The van der Waals surface area contributed by atoms with E-state index in [9.17, 15) is 20.0 Å². The Morgan fingerprint density at radius 2 is 1.84 bits per heavy atom. The van der Waals surface area contributed by atoms with Crippen LogP contribution in [0.1, 0.15) is 27.9 Å². The number of carboxylic acids is 1. The predicted molar refractivity (Wildman–Crippen MR) is 119 cm³/mol. The van der Waals surface area contributed by atoms with Crippen molar-refractivity contribution in [1.29, 1.82) is 5.26 Å². The third-order valence-electron chi connectivity index (χ3n) is 4.69. The summed E-state index contributed by atoms with van der Waals surface area (Å²) in [5.74, 6) is -1.16. The number of amides is 1.